The number of ether oxygens (including phenoxy) is 1. The van der Waals surface area contributed by atoms with E-state index in [2.05, 4.69) is 52.8 Å². The minimum atomic E-state index is 0.519. The number of rotatable bonds is 1. The molecule has 2 aromatic heterocycles. The SMILES string of the molecule is Cc1cc(C)c(N2c3cccnc3Oc3ncncc32)c(C)c1. The number of fused-ring (bicyclic) bond motifs is 2. The van der Waals surface area contributed by atoms with E-state index >= 15 is 0 Å². The summed E-state index contributed by atoms with van der Waals surface area (Å²) in [6, 6.07) is 8.26. The summed E-state index contributed by atoms with van der Waals surface area (Å²) in [6.07, 6.45) is 4.98. The van der Waals surface area contributed by atoms with E-state index in [9.17, 15) is 0 Å². The first-order chi connectivity index (χ1) is 11.1. The van der Waals surface area contributed by atoms with E-state index in [0.717, 1.165) is 17.1 Å². The Bertz CT molecular complexity index is 839. The molecule has 0 bridgehead atoms. The Morgan fingerprint density at radius 1 is 0.957 bits per heavy atom. The van der Waals surface area contributed by atoms with Crippen LogP contribution in [0, 0.1) is 20.8 Å². The number of aryl methyl sites for hydroxylation is 3. The number of anilines is 3. The first-order valence-corrected chi connectivity index (χ1v) is 7.46. The van der Waals surface area contributed by atoms with E-state index in [1.54, 1.807) is 12.4 Å². The molecular weight excluding hydrogens is 288 g/mol. The van der Waals surface area contributed by atoms with Crippen LogP contribution in [0.3, 0.4) is 0 Å². The van der Waals surface area contributed by atoms with Crippen LogP contribution in [0.15, 0.2) is 43.0 Å². The second-order valence-electron chi connectivity index (χ2n) is 5.73. The third-order valence-corrected chi connectivity index (χ3v) is 3.94. The molecule has 5 heteroatoms. The molecule has 0 atom stereocenters. The van der Waals surface area contributed by atoms with Gasteiger partial charge in [0, 0.05) is 6.20 Å². The van der Waals surface area contributed by atoms with Crippen molar-refractivity contribution in [3.05, 3.63) is 59.7 Å². The molecule has 4 rings (SSSR count). The first kappa shape index (κ1) is 13.7. The Morgan fingerprint density at radius 3 is 2.48 bits per heavy atom. The van der Waals surface area contributed by atoms with Crippen molar-refractivity contribution < 1.29 is 4.74 Å². The van der Waals surface area contributed by atoms with Gasteiger partial charge in [-0.2, -0.15) is 4.98 Å². The highest BCUT2D eigenvalue weighted by Crippen LogP contribution is 2.49. The van der Waals surface area contributed by atoms with E-state index < -0.39 is 0 Å². The molecule has 1 aliphatic rings. The van der Waals surface area contributed by atoms with Crippen molar-refractivity contribution in [2.75, 3.05) is 4.90 Å². The van der Waals surface area contributed by atoms with Crippen LogP contribution in [0.2, 0.25) is 0 Å². The molecule has 0 N–H and O–H groups in total. The molecule has 5 nitrogen and oxygen atoms in total. The number of pyridine rings is 1. The molecular formula is C18H16N4O. The van der Waals surface area contributed by atoms with Gasteiger partial charge in [0.15, 0.2) is 0 Å². The van der Waals surface area contributed by atoms with Crippen molar-refractivity contribution in [1.29, 1.82) is 0 Å². The lowest BCUT2D eigenvalue weighted by atomic mass is 10.0. The van der Waals surface area contributed by atoms with Crippen molar-refractivity contribution in [1.82, 2.24) is 15.0 Å². The van der Waals surface area contributed by atoms with E-state index in [1.807, 2.05) is 12.1 Å². The summed E-state index contributed by atoms with van der Waals surface area (Å²) >= 11 is 0. The minimum Gasteiger partial charge on any atom is -0.416 e. The molecule has 0 radical (unpaired) electrons. The first-order valence-electron chi connectivity index (χ1n) is 7.46. The van der Waals surface area contributed by atoms with Gasteiger partial charge in [-0.3, -0.25) is 4.90 Å². The maximum atomic E-state index is 5.83. The van der Waals surface area contributed by atoms with Crippen LogP contribution in [-0.4, -0.2) is 15.0 Å². The highest BCUT2D eigenvalue weighted by atomic mass is 16.5. The van der Waals surface area contributed by atoms with Gasteiger partial charge in [-0.05, 0) is 44.0 Å². The van der Waals surface area contributed by atoms with E-state index in [0.29, 0.717) is 11.8 Å². The Kier molecular flexibility index (Phi) is 3.01. The van der Waals surface area contributed by atoms with E-state index in [-0.39, 0.29) is 0 Å². The average molecular weight is 304 g/mol. The predicted molar refractivity (Wildman–Crippen MR) is 88.8 cm³/mol. The Hall–Kier alpha value is -2.95. The molecule has 0 saturated heterocycles. The number of aromatic nitrogens is 3. The molecule has 1 aromatic carbocycles. The number of hydrogen-bond donors (Lipinski definition) is 0. The summed E-state index contributed by atoms with van der Waals surface area (Å²) in [5, 5.41) is 0. The van der Waals surface area contributed by atoms with Crippen molar-refractivity contribution in [3.63, 3.8) is 0 Å². The molecule has 0 saturated carbocycles. The van der Waals surface area contributed by atoms with Crippen LogP contribution >= 0.6 is 0 Å². The second kappa shape index (κ2) is 5.05. The zero-order chi connectivity index (χ0) is 16.0. The highest BCUT2D eigenvalue weighted by Gasteiger charge is 2.29. The molecule has 0 amide bonds. The summed E-state index contributed by atoms with van der Waals surface area (Å²) in [6.45, 7) is 6.34. The molecule has 0 spiro atoms. The van der Waals surface area contributed by atoms with Gasteiger partial charge in [-0.15, -0.1) is 0 Å². The lowest BCUT2D eigenvalue weighted by Gasteiger charge is -2.32. The summed E-state index contributed by atoms with van der Waals surface area (Å²) < 4.78 is 5.83. The number of nitrogens with zero attached hydrogens (tertiary/aromatic N) is 4. The zero-order valence-corrected chi connectivity index (χ0v) is 13.2. The fraction of sp³-hybridized carbons (Fsp3) is 0.167. The van der Waals surface area contributed by atoms with Crippen molar-refractivity contribution in [2.45, 2.75) is 20.8 Å². The van der Waals surface area contributed by atoms with E-state index in [1.165, 1.54) is 23.0 Å². The van der Waals surface area contributed by atoms with Crippen LogP contribution in [0.25, 0.3) is 0 Å². The van der Waals surface area contributed by atoms with Crippen molar-refractivity contribution >= 4 is 17.1 Å². The number of hydrogen-bond acceptors (Lipinski definition) is 5. The van der Waals surface area contributed by atoms with Gasteiger partial charge in [0.05, 0.1) is 11.9 Å². The van der Waals surface area contributed by atoms with Gasteiger partial charge in [0.25, 0.3) is 0 Å². The Morgan fingerprint density at radius 2 is 1.70 bits per heavy atom. The molecule has 0 aliphatic carbocycles. The number of benzene rings is 1. The van der Waals surface area contributed by atoms with Gasteiger partial charge in [-0.1, -0.05) is 17.7 Å². The molecule has 114 valence electrons. The maximum Gasteiger partial charge on any atom is 0.248 e. The second-order valence-corrected chi connectivity index (χ2v) is 5.73. The predicted octanol–water partition coefficient (Wildman–Crippen LogP) is 4.37. The Balaban J connectivity index is 2.02. The molecule has 3 heterocycles. The zero-order valence-electron chi connectivity index (χ0n) is 13.2. The molecule has 0 fully saturated rings. The monoisotopic (exact) mass is 304 g/mol. The lowest BCUT2D eigenvalue weighted by molar-refractivity contribution is 0.438. The normalized spacial score (nSPS) is 12.4. The third kappa shape index (κ3) is 2.12. The molecule has 3 aromatic rings. The molecule has 23 heavy (non-hydrogen) atoms. The summed E-state index contributed by atoms with van der Waals surface area (Å²) in [4.78, 5) is 14.9. The fourth-order valence-corrected chi connectivity index (χ4v) is 3.16. The molecule has 0 unspecified atom stereocenters. The summed E-state index contributed by atoms with van der Waals surface area (Å²) in [7, 11) is 0. The van der Waals surface area contributed by atoms with Crippen LogP contribution in [0.1, 0.15) is 16.7 Å². The molecule has 1 aliphatic heterocycles. The maximum absolute atomic E-state index is 5.83. The quantitative estimate of drug-likeness (QED) is 0.522. The fourth-order valence-electron chi connectivity index (χ4n) is 3.16. The standard InChI is InChI=1S/C18H16N4O/c1-11-7-12(2)16(13(3)8-11)22-14-5-4-6-20-17(14)23-18-15(22)9-19-10-21-18/h4-10H,1-3H3. The topological polar surface area (TPSA) is 51.1 Å². The van der Waals surface area contributed by atoms with Crippen LogP contribution < -0.4 is 9.64 Å². The van der Waals surface area contributed by atoms with E-state index in [4.69, 9.17) is 4.74 Å². The van der Waals surface area contributed by atoms with Gasteiger partial charge in [-0.25, -0.2) is 9.97 Å². The van der Waals surface area contributed by atoms with Gasteiger partial charge < -0.3 is 4.74 Å². The summed E-state index contributed by atoms with van der Waals surface area (Å²) in [5.74, 6) is 1.07. The smallest absolute Gasteiger partial charge is 0.248 e. The van der Waals surface area contributed by atoms with Crippen LogP contribution in [0.5, 0.6) is 11.8 Å². The average Bonchev–Trinajstić information content (AvgIpc) is 2.53. The summed E-state index contributed by atoms with van der Waals surface area (Å²) in [5.41, 5.74) is 6.45. The van der Waals surface area contributed by atoms with Crippen molar-refractivity contribution in [2.24, 2.45) is 0 Å². The van der Waals surface area contributed by atoms with Crippen LogP contribution in [-0.2, 0) is 0 Å². The lowest BCUT2D eigenvalue weighted by Crippen LogP contribution is -2.19. The highest BCUT2D eigenvalue weighted by molar-refractivity contribution is 5.86. The van der Waals surface area contributed by atoms with Crippen molar-refractivity contribution in [3.8, 4) is 11.8 Å². The minimum absolute atomic E-state index is 0.519. The van der Waals surface area contributed by atoms with Gasteiger partial charge in [0.1, 0.15) is 17.7 Å². The van der Waals surface area contributed by atoms with Crippen LogP contribution in [0.4, 0.5) is 17.1 Å². The van der Waals surface area contributed by atoms with Gasteiger partial charge >= 0.3 is 0 Å². The van der Waals surface area contributed by atoms with Gasteiger partial charge in [0.2, 0.25) is 11.8 Å². The Labute approximate surface area is 134 Å². The largest absolute Gasteiger partial charge is 0.416 e. The third-order valence-electron chi connectivity index (χ3n) is 3.94.